The number of carbonyl (C=O) groups is 1. The third kappa shape index (κ3) is 2.80. The average molecular weight is 241 g/mol. The van der Waals surface area contributed by atoms with Gasteiger partial charge in [-0.3, -0.25) is 4.79 Å². The molecule has 0 aromatic heterocycles. The molecule has 4 N–H and O–H groups in total. The molecule has 0 radical (unpaired) electrons. The fraction of sp³-hybridized carbons (Fsp3) is 0.111. The second-order valence-electron chi connectivity index (χ2n) is 3.11. The summed E-state index contributed by atoms with van der Waals surface area (Å²) < 4.78 is 22.8. The number of carbonyl (C=O) groups excluding carboxylic acids is 1. The molecular weight excluding hydrogens is 230 g/mol. The Hall–Kier alpha value is -1.89. The lowest BCUT2D eigenvalue weighted by molar-refractivity contribution is 0.0999. The highest BCUT2D eigenvalue weighted by atomic mass is 32.2. The van der Waals surface area contributed by atoms with Gasteiger partial charge in [-0.1, -0.05) is 12.1 Å². The number of hydrogen-bond acceptors (Lipinski definition) is 3. The lowest BCUT2D eigenvalue weighted by atomic mass is 10.2. The van der Waals surface area contributed by atoms with Crippen molar-refractivity contribution in [2.24, 2.45) is 16.5 Å². The van der Waals surface area contributed by atoms with Gasteiger partial charge in [0.05, 0.1) is 10.5 Å². The van der Waals surface area contributed by atoms with Crippen molar-refractivity contribution < 1.29 is 13.2 Å². The smallest absolute Gasteiger partial charge is 0.281 e. The minimum atomic E-state index is -3.49. The molecular formula is C9H11N3O3S. The predicted octanol–water partition coefficient (Wildman–Crippen LogP) is -0.496. The highest BCUT2D eigenvalue weighted by molar-refractivity contribution is 7.90. The summed E-state index contributed by atoms with van der Waals surface area (Å²) in [6, 6.07) is 5.72. The second-order valence-corrected chi connectivity index (χ2v) is 5.09. The van der Waals surface area contributed by atoms with Crippen LogP contribution in [0.2, 0.25) is 0 Å². The van der Waals surface area contributed by atoms with Crippen LogP contribution in [0.3, 0.4) is 0 Å². The molecule has 1 aromatic carbocycles. The molecule has 0 fully saturated rings. The summed E-state index contributed by atoms with van der Waals surface area (Å²) >= 11 is 0. The van der Waals surface area contributed by atoms with E-state index in [-0.39, 0.29) is 10.5 Å². The van der Waals surface area contributed by atoms with Crippen molar-refractivity contribution in [1.82, 2.24) is 0 Å². The van der Waals surface area contributed by atoms with Gasteiger partial charge in [0.25, 0.3) is 5.91 Å². The lowest BCUT2D eigenvalue weighted by Gasteiger charge is -2.03. The van der Waals surface area contributed by atoms with Crippen LogP contribution in [0, 0.1) is 0 Å². The van der Waals surface area contributed by atoms with Crippen molar-refractivity contribution in [2.45, 2.75) is 4.90 Å². The van der Waals surface area contributed by atoms with E-state index in [0.717, 1.165) is 6.26 Å². The van der Waals surface area contributed by atoms with E-state index < -0.39 is 21.7 Å². The Morgan fingerprint density at radius 1 is 1.25 bits per heavy atom. The zero-order chi connectivity index (χ0) is 12.3. The first-order chi connectivity index (χ1) is 7.32. The van der Waals surface area contributed by atoms with Crippen LogP contribution in [0.15, 0.2) is 34.2 Å². The van der Waals surface area contributed by atoms with Crippen LogP contribution in [-0.4, -0.2) is 26.5 Å². The minimum Gasteiger partial charge on any atom is -0.370 e. The molecule has 7 heteroatoms. The van der Waals surface area contributed by atoms with Crippen molar-refractivity contribution >= 4 is 21.7 Å². The highest BCUT2D eigenvalue weighted by Gasteiger charge is 2.17. The molecule has 0 aliphatic rings. The number of aliphatic imine (C=N–C) groups is 1. The molecule has 0 spiro atoms. The molecule has 1 aromatic rings. The quantitative estimate of drug-likeness (QED) is 0.535. The highest BCUT2D eigenvalue weighted by Crippen LogP contribution is 2.15. The number of amides is 1. The van der Waals surface area contributed by atoms with E-state index in [9.17, 15) is 13.2 Å². The summed E-state index contributed by atoms with van der Waals surface area (Å²) in [7, 11) is -3.49. The zero-order valence-corrected chi connectivity index (χ0v) is 9.36. The van der Waals surface area contributed by atoms with E-state index in [1.807, 2.05) is 0 Å². The van der Waals surface area contributed by atoms with Gasteiger partial charge in [-0.05, 0) is 12.1 Å². The molecule has 86 valence electrons. The first-order valence-corrected chi connectivity index (χ1v) is 6.14. The molecule has 0 aliphatic carbocycles. The maximum absolute atomic E-state index is 11.5. The topological polar surface area (TPSA) is 116 Å². The van der Waals surface area contributed by atoms with Crippen LogP contribution in [0.4, 0.5) is 0 Å². The SMILES string of the molecule is CS(=O)(=O)c1ccccc1C(=O)N=C(N)N. The van der Waals surface area contributed by atoms with Gasteiger partial charge in [-0.25, -0.2) is 8.42 Å². The van der Waals surface area contributed by atoms with E-state index >= 15 is 0 Å². The molecule has 16 heavy (non-hydrogen) atoms. The predicted molar refractivity (Wildman–Crippen MR) is 59.7 cm³/mol. The Morgan fingerprint density at radius 2 is 1.81 bits per heavy atom. The maximum Gasteiger partial charge on any atom is 0.281 e. The standard InChI is InChI=1S/C9H11N3O3S/c1-16(14,15)7-5-3-2-4-6(7)8(13)12-9(10)11/h2-5H,1H3,(H4,10,11,12,13). The Bertz CT molecular complexity index is 545. The van der Waals surface area contributed by atoms with E-state index in [4.69, 9.17) is 11.5 Å². The molecule has 0 saturated heterocycles. The first kappa shape index (κ1) is 12.2. The third-order valence-electron chi connectivity index (χ3n) is 1.75. The van der Waals surface area contributed by atoms with Crippen molar-refractivity contribution in [3.63, 3.8) is 0 Å². The zero-order valence-electron chi connectivity index (χ0n) is 8.54. The van der Waals surface area contributed by atoms with Crippen LogP contribution in [0.1, 0.15) is 10.4 Å². The van der Waals surface area contributed by atoms with Gasteiger partial charge in [-0.15, -0.1) is 0 Å². The Morgan fingerprint density at radius 3 is 2.31 bits per heavy atom. The first-order valence-electron chi connectivity index (χ1n) is 4.25. The molecule has 0 bridgehead atoms. The molecule has 6 nitrogen and oxygen atoms in total. The van der Waals surface area contributed by atoms with Crippen LogP contribution < -0.4 is 11.5 Å². The third-order valence-corrected chi connectivity index (χ3v) is 2.90. The van der Waals surface area contributed by atoms with Crippen LogP contribution in [0.5, 0.6) is 0 Å². The van der Waals surface area contributed by atoms with E-state index in [0.29, 0.717) is 0 Å². The number of benzene rings is 1. The molecule has 0 heterocycles. The Balaban J connectivity index is 3.36. The summed E-state index contributed by atoms with van der Waals surface area (Å²) in [6.07, 6.45) is 1.01. The average Bonchev–Trinajstić information content (AvgIpc) is 2.15. The normalized spacial score (nSPS) is 10.8. The van der Waals surface area contributed by atoms with Crippen molar-refractivity contribution in [3.8, 4) is 0 Å². The number of rotatable bonds is 2. The van der Waals surface area contributed by atoms with Crippen molar-refractivity contribution in [3.05, 3.63) is 29.8 Å². The fourth-order valence-corrected chi connectivity index (χ4v) is 2.02. The molecule has 1 rings (SSSR count). The fourth-order valence-electron chi connectivity index (χ4n) is 1.14. The van der Waals surface area contributed by atoms with Gasteiger partial charge in [0.15, 0.2) is 15.8 Å². The van der Waals surface area contributed by atoms with Gasteiger partial charge >= 0.3 is 0 Å². The van der Waals surface area contributed by atoms with E-state index in [2.05, 4.69) is 4.99 Å². The van der Waals surface area contributed by atoms with Crippen molar-refractivity contribution in [2.75, 3.05) is 6.26 Å². The van der Waals surface area contributed by atoms with Gasteiger partial charge in [0, 0.05) is 6.26 Å². The second kappa shape index (κ2) is 4.31. The summed E-state index contributed by atoms with van der Waals surface area (Å²) in [5.74, 6) is -1.19. The summed E-state index contributed by atoms with van der Waals surface area (Å²) in [5.41, 5.74) is 10.1. The van der Waals surface area contributed by atoms with Crippen molar-refractivity contribution in [1.29, 1.82) is 0 Å². The van der Waals surface area contributed by atoms with Gasteiger partial charge < -0.3 is 11.5 Å². The number of hydrogen-bond donors (Lipinski definition) is 2. The summed E-state index contributed by atoms with van der Waals surface area (Å²) in [4.78, 5) is 14.7. The number of sulfone groups is 1. The maximum atomic E-state index is 11.5. The molecule has 0 atom stereocenters. The Kier molecular flexibility index (Phi) is 3.28. The monoisotopic (exact) mass is 241 g/mol. The Labute approximate surface area is 92.9 Å². The number of nitrogens with two attached hydrogens (primary N) is 2. The van der Waals surface area contributed by atoms with Crippen LogP contribution in [0.25, 0.3) is 0 Å². The largest absolute Gasteiger partial charge is 0.370 e. The van der Waals surface area contributed by atoms with Crippen LogP contribution >= 0.6 is 0 Å². The molecule has 1 amide bonds. The number of guanidine groups is 1. The molecule has 0 saturated carbocycles. The molecule has 0 unspecified atom stereocenters. The summed E-state index contributed by atoms with van der Waals surface area (Å²) in [6.45, 7) is 0. The van der Waals surface area contributed by atoms with Gasteiger partial charge in [-0.2, -0.15) is 4.99 Å². The summed E-state index contributed by atoms with van der Waals surface area (Å²) in [5, 5.41) is 0. The molecule has 0 aliphatic heterocycles. The van der Waals surface area contributed by atoms with Gasteiger partial charge in [0.2, 0.25) is 0 Å². The van der Waals surface area contributed by atoms with Gasteiger partial charge in [0.1, 0.15) is 0 Å². The minimum absolute atomic E-state index is 0.0431. The van der Waals surface area contributed by atoms with E-state index in [1.165, 1.54) is 24.3 Å². The van der Waals surface area contributed by atoms with Crippen LogP contribution in [-0.2, 0) is 9.84 Å². The lowest BCUT2D eigenvalue weighted by Crippen LogP contribution is -2.24. The van der Waals surface area contributed by atoms with E-state index in [1.54, 1.807) is 0 Å². The number of nitrogens with zero attached hydrogens (tertiary/aromatic N) is 1.